The number of aryl methyl sites for hydroxylation is 1. The van der Waals surface area contributed by atoms with E-state index >= 15 is 0 Å². The molecule has 3 aromatic rings. The Hall–Kier alpha value is -2.46. The number of hydrogen-bond donors (Lipinski definition) is 1. The first-order valence-corrected chi connectivity index (χ1v) is 9.14. The zero-order valence-corrected chi connectivity index (χ0v) is 15.5. The molecular formula is C15H16N6O2S2. The average molecular weight is 376 g/mol. The number of rotatable bonds is 6. The van der Waals surface area contributed by atoms with Gasteiger partial charge in [0.05, 0.1) is 18.4 Å². The van der Waals surface area contributed by atoms with Gasteiger partial charge in [-0.1, -0.05) is 35.2 Å². The zero-order valence-electron chi connectivity index (χ0n) is 13.9. The summed E-state index contributed by atoms with van der Waals surface area (Å²) < 4.78 is 7.21. The molecule has 0 atom stereocenters. The molecule has 0 bridgehead atoms. The molecule has 0 aliphatic carbocycles. The van der Waals surface area contributed by atoms with Crippen molar-refractivity contribution >= 4 is 34.1 Å². The molecule has 8 nitrogen and oxygen atoms in total. The van der Waals surface area contributed by atoms with Gasteiger partial charge in [0.1, 0.15) is 10.8 Å². The van der Waals surface area contributed by atoms with E-state index < -0.39 is 0 Å². The Morgan fingerprint density at radius 3 is 2.80 bits per heavy atom. The number of carbonyl (C=O) groups is 1. The first kappa shape index (κ1) is 17.4. The third kappa shape index (κ3) is 3.97. The zero-order chi connectivity index (χ0) is 17.8. The molecule has 25 heavy (non-hydrogen) atoms. The number of methoxy groups -OCH3 is 1. The summed E-state index contributed by atoms with van der Waals surface area (Å²) in [5.41, 5.74) is 0.848. The predicted octanol–water partition coefficient (Wildman–Crippen LogP) is 2.38. The summed E-state index contributed by atoms with van der Waals surface area (Å²) in [6, 6.07) is 7.60. The number of nitrogens with one attached hydrogen (secondary N) is 1. The lowest BCUT2D eigenvalue weighted by molar-refractivity contribution is -0.113. The summed E-state index contributed by atoms with van der Waals surface area (Å²) in [6.07, 6.45) is 0. The second-order valence-electron chi connectivity index (χ2n) is 5.03. The number of thioether (sulfide) groups is 1. The van der Waals surface area contributed by atoms with Gasteiger partial charge in [-0.25, -0.2) is 0 Å². The summed E-state index contributed by atoms with van der Waals surface area (Å²) in [7, 11) is 3.47. The number of amides is 1. The molecule has 0 aliphatic heterocycles. The molecule has 130 valence electrons. The van der Waals surface area contributed by atoms with E-state index in [9.17, 15) is 4.79 Å². The average Bonchev–Trinajstić information content (AvgIpc) is 3.18. The van der Waals surface area contributed by atoms with Crippen LogP contribution in [0.5, 0.6) is 5.75 Å². The molecule has 0 spiro atoms. The maximum absolute atomic E-state index is 12.0. The third-order valence-corrected chi connectivity index (χ3v) is 5.06. The van der Waals surface area contributed by atoms with E-state index in [1.54, 1.807) is 7.11 Å². The van der Waals surface area contributed by atoms with Gasteiger partial charge in [-0.05, 0) is 19.1 Å². The molecule has 2 heterocycles. The van der Waals surface area contributed by atoms with Crippen molar-refractivity contribution in [2.75, 3.05) is 18.2 Å². The molecule has 0 unspecified atom stereocenters. The van der Waals surface area contributed by atoms with E-state index in [0.29, 0.717) is 16.1 Å². The number of nitrogens with zero attached hydrogens (tertiary/aromatic N) is 5. The van der Waals surface area contributed by atoms with Crippen LogP contribution in [0.2, 0.25) is 0 Å². The smallest absolute Gasteiger partial charge is 0.236 e. The van der Waals surface area contributed by atoms with Crippen molar-refractivity contribution in [3.63, 3.8) is 0 Å². The van der Waals surface area contributed by atoms with E-state index in [-0.39, 0.29) is 11.7 Å². The van der Waals surface area contributed by atoms with Crippen LogP contribution in [0.4, 0.5) is 5.13 Å². The van der Waals surface area contributed by atoms with Crippen molar-refractivity contribution in [1.29, 1.82) is 0 Å². The third-order valence-electron chi connectivity index (χ3n) is 3.29. The first-order valence-electron chi connectivity index (χ1n) is 7.34. The van der Waals surface area contributed by atoms with Gasteiger partial charge in [0.2, 0.25) is 11.0 Å². The molecule has 0 fully saturated rings. The summed E-state index contributed by atoms with van der Waals surface area (Å²) in [5, 5.41) is 20.8. The van der Waals surface area contributed by atoms with Crippen LogP contribution >= 0.6 is 23.1 Å². The Balaban J connectivity index is 1.68. The summed E-state index contributed by atoms with van der Waals surface area (Å²) in [5.74, 6) is 1.44. The van der Waals surface area contributed by atoms with E-state index in [0.717, 1.165) is 16.3 Å². The van der Waals surface area contributed by atoms with Gasteiger partial charge in [0.15, 0.2) is 11.0 Å². The van der Waals surface area contributed by atoms with Crippen LogP contribution in [0.1, 0.15) is 5.01 Å². The van der Waals surface area contributed by atoms with Crippen LogP contribution in [0.15, 0.2) is 29.4 Å². The fourth-order valence-corrected chi connectivity index (χ4v) is 3.46. The molecule has 1 amide bonds. The van der Waals surface area contributed by atoms with E-state index in [2.05, 4.69) is 25.7 Å². The number of hydrogen-bond acceptors (Lipinski definition) is 8. The van der Waals surface area contributed by atoms with Crippen molar-refractivity contribution in [1.82, 2.24) is 25.0 Å². The molecule has 0 radical (unpaired) electrons. The Morgan fingerprint density at radius 1 is 1.28 bits per heavy atom. The van der Waals surface area contributed by atoms with Crippen molar-refractivity contribution in [2.24, 2.45) is 7.05 Å². The number of aromatic nitrogens is 5. The number of benzene rings is 1. The van der Waals surface area contributed by atoms with E-state index in [1.807, 2.05) is 42.8 Å². The maximum Gasteiger partial charge on any atom is 0.236 e. The van der Waals surface area contributed by atoms with Gasteiger partial charge in [0, 0.05) is 7.05 Å². The minimum atomic E-state index is -0.164. The monoisotopic (exact) mass is 376 g/mol. The highest BCUT2D eigenvalue weighted by Gasteiger charge is 2.16. The highest BCUT2D eigenvalue weighted by molar-refractivity contribution is 7.99. The van der Waals surface area contributed by atoms with Gasteiger partial charge in [-0.15, -0.1) is 20.4 Å². The van der Waals surface area contributed by atoms with E-state index in [1.165, 1.54) is 23.1 Å². The van der Waals surface area contributed by atoms with Gasteiger partial charge in [0.25, 0.3) is 0 Å². The van der Waals surface area contributed by atoms with Crippen LogP contribution in [0.3, 0.4) is 0 Å². The number of para-hydroxylation sites is 1. The highest BCUT2D eigenvalue weighted by atomic mass is 32.2. The van der Waals surface area contributed by atoms with Crippen molar-refractivity contribution in [3.8, 4) is 17.1 Å². The molecular weight excluding hydrogens is 360 g/mol. The van der Waals surface area contributed by atoms with Crippen LogP contribution < -0.4 is 10.1 Å². The van der Waals surface area contributed by atoms with E-state index in [4.69, 9.17) is 4.74 Å². The quantitative estimate of drug-likeness (QED) is 0.660. The molecule has 0 saturated carbocycles. The number of anilines is 1. The van der Waals surface area contributed by atoms with Crippen LogP contribution in [-0.2, 0) is 11.8 Å². The highest BCUT2D eigenvalue weighted by Crippen LogP contribution is 2.30. The SMILES string of the molecule is COc1ccccc1-c1nnc(SCC(=O)Nc2nnc(C)s2)n1C. The molecule has 1 aromatic carbocycles. The van der Waals surface area contributed by atoms with Crippen LogP contribution in [0, 0.1) is 6.92 Å². The number of carbonyl (C=O) groups excluding carboxylic acids is 1. The second kappa shape index (κ2) is 7.62. The predicted molar refractivity (Wildman–Crippen MR) is 97.0 cm³/mol. The molecule has 2 aromatic heterocycles. The Bertz CT molecular complexity index is 892. The minimum absolute atomic E-state index is 0.164. The Labute approximate surface area is 152 Å². The second-order valence-corrected chi connectivity index (χ2v) is 7.15. The van der Waals surface area contributed by atoms with Crippen molar-refractivity contribution < 1.29 is 9.53 Å². The minimum Gasteiger partial charge on any atom is -0.496 e. The lowest BCUT2D eigenvalue weighted by atomic mass is 10.2. The largest absolute Gasteiger partial charge is 0.496 e. The normalized spacial score (nSPS) is 10.7. The van der Waals surface area contributed by atoms with Crippen molar-refractivity contribution in [2.45, 2.75) is 12.1 Å². The summed E-state index contributed by atoms with van der Waals surface area (Å²) in [4.78, 5) is 12.0. The van der Waals surface area contributed by atoms with Gasteiger partial charge in [-0.3, -0.25) is 10.1 Å². The van der Waals surface area contributed by atoms with Gasteiger partial charge < -0.3 is 9.30 Å². The van der Waals surface area contributed by atoms with Gasteiger partial charge >= 0.3 is 0 Å². The lowest BCUT2D eigenvalue weighted by Gasteiger charge is -2.08. The summed E-state index contributed by atoms with van der Waals surface area (Å²) in [6.45, 7) is 1.83. The Kier molecular flexibility index (Phi) is 5.29. The van der Waals surface area contributed by atoms with Crippen LogP contribution in [-0.4, -0.2) is 43.7 Å². The van der Waals surface area contributed by atoms with Gasteiger partial charge in [-0.2, -0.15) is 0 Å². The number of ether oxygens (including phenoxy) is 1. The van der Waals surface area contributed by atoms with Crippen molar-refractivity contribution in [3.05, 3.63) is 29.3 Å². The molecule has 1 N–H and O–H groups in total. The maximum atomic E-state index is 12.0. The topological polar surface area (TPSA) is 94.8 Å². The first-order chi connectivity index (χ1) is 12.1. The van der Waals surface area contributed by atoms with Crippen LogP contribution in [0.25, 0.3) is 11.4 Å². The lowest BCUT2D eigenvalue weighted by Crippen LogP contribution is -2.14. The molecule has 10 heteroatoms. The standard InChI is InChI=1S/C15H16N6O2S2/c1-9-17-19-14(25-9)16-12(22)8-24-15-20-18-13(21(15)2)10-6-4-5-7-11(10)23-3/h4-7H,8H2,1-3H3,(H,16,19,22). The molecule has 0 saturated heterocycles. The Morgan fingerprint density at radius 2 is 2.08 bits per heavy atom. The molecule has 3 rings (SSSR count). The molecule has 0 aliphatic rings. The fraction of sp³-hybridized carbons (Fsp3) is 0.267. The fourth-order valence-electron chi connectivity index (χ4n) is 2.14. The summed E-state index contributed by atoms with van der Waals surface area (Å²) >= 11 is 2.64.